The fourth-order valence-electron chi connectivity index (χ4n) is 2.40. The van der Waals surface area contributed by atoms with Crippen molar-refractivity contribution >= 4 is 17.4 Å². The normalized spacial score (nSPS) is 13.3. The second-order valence-corrected chi connectivity index (χ2v) is 6.14. The third kappa shape index (κ3) is 3.59. The van der Waals surface area contributed by atoms with Gasteiger partial charge in [0.1, 0.15) is 16.6 Å². The lowest BCUT2D eigenvalue weighted by Crippen LogP contribution is -2.13. The lowest BCUT2D eigenvalue weighted by molar-refractivity contribution is -0.385. The van der Waals surface area contributed by atoms with Crippen LogP contribution in [0.1, 0.15) is 22.6 Å². The van der Waals surface area contributed by atoms with Crippen LogP contribution in [-0.4, -0.2) is 21.7 Å². The smallest absolute Gasteiger partial charge is 0.270 e. The standard InChI is InChI=1S/C15H15N3O4S/c1-9-3-14(17-10(2)16-9)23-7-12-5-13(18(19)20)4-11-6-21-8-22-15(11)12/h3-5H,6-8H2,1-2H3. The molecule has 1 aromatic heterocycles. The fraction of sp³-hybridized carbons (Fsp3) is 0.333. The minimum Gasteiger partial charge on any atom is -0.467 e. The zero-order valence-electron chi connectivity index (χ0n) is 12.7. The monoisotopic (exact) mass is 333 g/mol. The maximum Gasteiger partial charge on any atom is 0.270 e. The molecule has 0 amide bonds. The second-order valence-electron chi connectivity index (χ2n) is 5.14. The lowest BCUT2D eigenvalue weighted by atomic mass is 10.1. The summed E-state index contributed by atoms with van der Waals surface area (Å²) in [6, 6.07) is 4.95. The number of benzene rings is 1. The van der Waals surface area contributed by atoms with Crippen molar-refractivity contribution in [2.45, 2.75) is 31.2 Å². The molecule has 0 bridgehead atoms. The molecular weight excluding hydrogens is 318 g/mol. The molecule has 0 spiro atoms. The summed E-state index contributed by atoms with van der Waals surface area (Å²) in [5.74, 6) is 1.91. The van der Waals surface area contributed by atoms with Gasteiger partial charge >= 0.3 is 0 Å². The van der Waals surface area contributed by atoms with Gasteiger partial charge in [0.2, 0.25) is 0 Å². The molecule has 1 aromatic carbocycles. The Morgan fingerprint density at radius 3 is 2.87 bits per heavy atom. The molecule has 8 heteroatoms. The lowest BCUT2D eigenvalue weighted by Gasteiger charge is -2.20. The molecule has 7 nitrogen and oxygen atoms in total. The molecule has 0 aliphatic carbocycles. The molecule has 120 valence electrons. The fourth-order valence-corrected chi connectivity index (χ4v) is 3.37. The topological polar surface area (TPSA) is 87.4 Å². The molecule has 0 unspecified atom stereocenters. The van der Waals surface area contributed by atoms with Crippen molar-refractivity contribution in [2.75, 3.05) is 6.79 Å². The number of aromatic nitrogens is 2. The molecule has 0 N–H and O–H groups in total. The molecule has 0 atom stereocenters. The van der Waals surface area contributed by atoms with Crippen molar-refractivity contribution in [3.8, 4) is 5.75 Å². The van der Waals surface area contributed by atoms with E-state index in [-0.39, 0.29) is 12.5 Å². The van der Waals surface area contributed by atoms with Crippen LogP contribution >= 0.6 is 11.8 Å². The number of aryl methyl sites for hydroxylation is 2. The third-order valence-electron chi connectivity index (χ3n) is 3.30. The van der Waals surface area contributed by atoms with Crippen LogP contribution in [-0.2, 0) is 17.1 Å². The van der Waals surface area contributed by atoms with Gasteiger partial charge in [0.25, 0.3) is 5.69 Å². The Morgan fingerprint density at radius 2 is 2.13 bits per heavy atom. The average molecular weight is 333 g/mol. The summed E-state index contributed by atoms with van der Waals surface area (Å²) < 4.78 is 10.7. The number of ether oxygens (including phenoxy) is 2. The first-order chi connectivity index (χ1) is 11.0. The van der Waals surface area contributed by atoms with E-state index >= 15 is 0 Å². The predicted octanol–water partition coefficient (Wildman–Crippen LogP) is 3.16. The van der Waals surface area contributed by atoms with Crippen molar-refractivity contribution in [2.24, 2.45) is 0 Å². The summed E-state index contributed by atoms with van der Waals surface area (Å²) in [6.45, 7) is 4.23. The highest BCUT2D eigenvalue weighted by Crippen LogP contribution is 2.36. The highest BCUT2D eigenvalue weighted by molar-refractivity contribution is 7.98. The van der Waals surface area contributed by atoms with E-state index in [0.29, 0.717) is 29.5 Å². The predicted molar refractivity (Wildman–Crippen MR) is 84.4 cm³/mol. The van der Waals surface area contributed by atoms with Crippen LogP contribution < -0.4 is 4.74 Å². The van der Waals surface area contributed by atoms with Gasteiger partial charge in [-0.3, -0.25) is 10.1 Å². The Morgan fingerprint density at radius 1 is 1.30 bits per heavy atom. The second kappa shape index (κ2) is 6.51. The first-order valence-electron chi connectivity index (χ1n) is 6.99. The molecule has 1 aliphatic heterocycles. The number of rotatable bonds is 4. The Bertz CT molecular complexity index is 746. The zero-order valence-corrected chi connectivity index (χ0v) is 13.6. The average Bonchev–Trinajstić information content (AvgIpc) is 2.51. The van der Waals surface area contributed by atoms with Crippen molar-refractivity contribution in [1.82, 2.24) is 9.97 Å². The minimum atomic E-state index is -0.401. The number of nitro benzene ring substituents is 1. The molecule has 0 radical (unpaired) electrons. The Balaban J connectivity index is 1.89. The van der Waals surface area contributed by atoms with E-state index < -0.39 is 4.92 Å². The Hall–Kier alpha value is -2.19. The van der Waals surface area contributed by atoms with Crippen molar-refractivity contribution < 1.29 is 14.4 Å². The number of fused-ring (bicyclic) bond motifs is 1. The van der Waals surface area contributed by atoms with E-state index in [2.05, 4.69) is 9.97 Å². The number of nitrogens with zero attached hydrogens (tertiary/aromatic N) is 3. The quantitative estimate of drug-likeness (QED) is 0.367. The largest absolute Gasteiger partial charge is 0.467 e. The summed E-state index contributed by atoms with van der Waals surface area (Å²) in [7, 11) is 0. The van der Waals surface area contributed by atoms with E-state index in [9.17, 15) is 10.1 Å². The first-order valence-corrected chi connectivity index (χ1v) is 7.97. The summed E-state index contributed by atoms with van der Waals surface area (Å²) >= 11 is 1.50. The zero-order chi connectivity index (χ0) is 16.4. The van der Waals surface area contributed by atoms with E-state index in [0.717, 1.165) is 16.3 Å². The van der Waals surface area contributed by atoms with Gasteiger partial charge < -0.3 is 9.47 Å². The van der Waals surface area contributed by atoms with Crippen LogP contribution in [0.15, 0.2) is 23.2 Å². The molecule has 0 fully saturated rings. The van der Waals surface area contributed by atoms with Gasteiger partial charge in [-0.2, -0.15) is 0 Å². The van der Waals surface area contributed by atoms with Crippen LogP contribution in [0.25, 0.3) is 0 Å². The third-order valence-corrected chi connectivity index (χ3v) is 4.26. The number of nitro groups is 1. The van der Waals surface area contributed by atoms with Crippen molar-refractivity contribution in [1.29, 1.82) is 0 Å². The number of hydrogen-bond acceptors (Lipinski definition) is 7. The SMILES string of the molecule is Cc1cc(SCc2cc([N+](=O)[O-])cc3c2OCOC3)nc(C)n1. The van der Waals surface area contributed by atoms with E-state index in [4.69, 9.17) is 9.47 Å². The van der Waals surface area contributed by atoms with Gasteiger partial charge in [-0.05, 0) is 19.9 Å². The van der Waals surface area contributed by atoms with Crippen LogP contribution in [0.2, 0.25) is 0 Å². The van der Waals surface area contributed by atoms with Gasteiger partial charge in [-0.15, -0.1) is 11.8 Å². The van der Waals surface area contributed by atoms with Gasteiger partial charge in [-0.1, -0.05) is 0 Å². The number of thioether (sulfide) groups is 1. The minimum absolute atomic E-state index is 0.0449. The Kier molecular flexibility index (Phi) is 4.44. The van der Waals surface area contributed by atoms with Crippen LogP contribution in [0.3, 0.4) is 0 Å². The van der Waals surface area contributed by atoms with Crippen molar-refractivity contribution in [3.63, 3.8) is 0 Å². The van der Waals surface area contributed by atoms with Crippen LogP contribution in [0, 0.1) is 24.0 Å². The van der Waals surface area contributed by atoms with E-state index in [1.807, 2.05) is 19.9 Å². The van der Waals surface area contributed by atoms with Gasteiger partial charge in [0, 0.05) is 34.7 Å². The van der Waals surface area contributed by atoms with Crippen LogP contribution in [0.4, 0.5) is 5.69 Å². The maximum atomic E-state index is 11.1. The van der Waals surface area contributed by atoms with Crippen LogP contribution in [0.5, 0.6) is 5.75 Å². The highest BCUT2D eigenvalue weighted by Gasteiger charge is 2.21. The molecule has 2 heterocycles. The van der Waals surface area contributed by atoms with Gasteiger partial charge in [0.05, 0.1) is 11.5 Å². The molecule has 0 saturated heterocycles. The molecular formula is C15H15N3O4S. The van der Waals surface area contributed by atoms with Gasteiger partial charge in [0.15, 0.2) is 6.79 Å². The van der Waals surface area contributed by atoms with Crippen molar-refractivity contribution in [3.05, 3.63) is 51.0 Å². The van der Waals surface area contributed by atoms with E-state index in [1.54, 1.807) is 6.07 Å². The molecule has 3 rings (SSSR count). The molecule has 2 aromatic rings. The molecule has 1 aliphatic rings. The Labute approximate surface area is 137 Å². The van der Waals surface area contributed by atoms with E-state index in [1.165, 1.54) is 17.8 Å². The molecule has 23 heavy (non-hydrogen) atoms. The first kappa shape index (κ1) is 15.7. The summed E-state index contributed by atoms with van der Waals surface area (Å²) in [5, 5.41) is 11.9. The molecule has 0 saturated carbocycles. The summed E-state index contributed by atoms with van der Waals surface area (Å²) in [4.78, 5) is 19.3. The highest BCUT2D eigenvalue weighted by atomic mass is 32.2. The number of hydrogen-bond donors (Lipinski definition) is 0. The van der Waals surface area contributed by atoms with Gasteiger partial charge in [-0.25, -0.2) is 9.97 Å². The number of non-ortho nitro benzene ring substituents is 1. The summed E-state index contributed by atoms with van der Waals surface area (Å²) in [6.07, 6.45) is 0. The summed E-state index contributed by atoms with van der Waals surface area (Å²) in [5.41, 5.74) is 2.42. The maximum absolute atomic E-state index is 11.1.